The van der Waals surface area contributed by atoms with Crippen LogP contribution >= 0.6 is 0 Å². The molecule has 2 heterocycles. The van der Waals surface area contributed by atoms with Gasteiger partial charge in [-0.25, -0.2) is 4.39 Å². The third kappa shape index (κ3) is 5.05. The van der Waals surface area contributed by atoms with Gasteiger partial charge in [-0.2, -0.15) is 0 Å². The number of carbonyl (C=O) groups excluding carboxylic acids is 2. The summed E-state index contributed by atoms with van der Waals surface area (Å²) in [7, 11) is 2.10. The van der Waals surface area contributed by atoms with Crippen molar-refractivity contribution >= 4 is 17.5 Å². The van der Waals surface area contributed by atoms with Crippen molar-refractivity contribution in [1.29, 1.82) is 0 Å². The van der Waals surface area contributed by atoms with E-state index in [1.807, 2.05) is 11.0 Å². The number of amides is 2. The van der Waals surface area contributed by atoms with Crippen molar-refractivity contribution in [2.24, 2.45) is 0 Å². The number of fused-ring (bicyclic) bond motifs is 1. The van der Waals surface area contributed by atoms with Crippen LogP contribution in [0.1, 0.15) is 29.5 Å². The third-order valence-electron chi connectivity index (χ3n) is 6.14. The molecule has 1 unspecified atom stereocenters. The monoisotopic (exact) mass is 424 g/mol. The van der Waals surface area contributed by atoms with E-state index in [1.165, 1.54) is 17.3 Å². The number of carbonyl (C=O) groups is 2. The molecular formula is C24H29FN4O2. The second-order valence-electron chi connectivity index (χ2n) is 8.34. The Hall–Kier alpha value is -2.93. The molecule has 0 bridgehead atoms. The van der Waals surface area contributed by atoms with Crippen LogP contribution in [0.5, 0.6) is 0 Å². The molecule has 0 spiro atoms. The largest absolute Gasteiger partial charge is 0.374 e. The molecule has 31 heavy (non-hydrogen) atoms. The number of nitrogens with zero attached hydrogens (tertiary/aromatic N) is 2. The highest BCUT2D eigenvalue weighted by atomic mass is 19.1. The van der Waals surface area contributed by atoms with Gasteiger partial charge in [0.2, 0.25) is 11.8 Å². The Labute approximate surface area is 182 Å². The fourth-order valence-electron chi connectivity index (χ4n) is 4.42. The first-order valence-electron chi connectivity index (χ1n) is 10.9. The maximum atomic E-state index is 14.1. The summed E-state index contributed by atoms with van der Waals surface area (Å²) in [4.78, 5) is 29.2. The summed E-state index contributed by atoms with van der Waals surface area (Å²) in [5, 5.41) is 5.77. The van der Waals surface area contributed by atoms with Gasteiger partial charge in [0.15, 0.2) is 0 Å². The standard InChI is InChI=1S/C24H29FN4O2/c1-28-11-4-6-18-13-17(8-9-21(18)28)15-27-23(30)14-22-24(31)26-10-12-29(22)16-19-5-2-3-7-20(19)25/h2-3,5,7-9,13,22H,4,6,10-12,14-16H2,1H3,(H,26,31)(H,27,30). The molecule has 1 saturated heterocycles. The Balaban J connectivity index is 1.37. The van der Waals surface area contributed by atoms with E-state index in [0.717, 1.165) is 24.9 Å². The summed E-state index contributed by atoms with van der Waals surface area (Å²) in [6, 6.07) is 12.3. The van der Waals surface area contributed by atoms with E-state index in [-0.39, 0.29) is 24.1 Å². The van der Waals surface area contributed by atoms with Gasteiger partial charge in [-0.1, -0.05) is 30.3 Å². The second kappa shape index (κ2) is 9.47. The first-order valence-corrected chi connectivity index (χ1v) is 10.9. The average molecular weight is 425 g/mol. The predicted molar refractivity (Wildman–Crippen MR) is 118 cm³/mol. The number of hydrogen-bond donors (Lipinski definition) is 2. The molecule has 0 saturated carbocycles. The molecule has 2 amide bonds. The molecule has 2 aliphatic heterocycles. The molecule has 4 rings (SSSR count). The molecule has 2 aliphatic rings. The molecule has 0 aliphatic carbocycles. The molecule has 0 aromatic heterocycles. The zero-order valence-corrected chi connectivity index (χ0v) is 17.9. The van der Waals surface area contributed by atoms with Crippen molar-refractivity contribution in [3.63, 3.8) is 0 Å². The Morgan fingerprint density at radius 1 is 1.23 bits per heavy atom. The van der Waals surface area contributed by atoms with E-state index in [1.54, 1.807) is 18.2 Å². The highest BCUT2D eigenvalue weighted by Gasteiger charge is 2.32. The van der Waals surface area contributed by atoms with Crippen LogP contribution in [0, 0.1) is 5.82 Å². The van der Waals surface area contributed by atoms with Gasteiger partial charge in [-0.3, -0.25) is 14.5 Å². The van der Waals surface area contributed by atoms with Crippen molar-refractivity contribution in [2.75, 3.05) is 31.6 Å². The number of benzene rings is 2. The lowest BCUT2D eigenvalue weighted by atomic mass is 9.99. The van der Waals surface area contributed by atoms with Gasteiger partial charge in [0, 0.05) is 51.0 Å². The Bertz CT molecular complexity index is 964. The van der Waals surface area contributed by atoms with E-state index in [9.17, 15) is 14.0 Å². The van der Waals surface area contributed by atoms with Crippen LogP contribution in [0.3, 0.4) is 0 Å². The molecule has 6 nitrogen and oxygen atoms in total. The van der Waals surface area contributed by atoms with Crippen LogP contribution in [-0.4, -0.2) is 49.4 Å². The first kappa shape index (κ1) is 21.3. The Morgan fingerprint density at radius 3 is 2.90 bits per heavy atom. The van der Waals surface area contributed by atoms with E-state index < -0.39 is 6.04 Å². The molecule has 2 aromatic rings. The van der Waals surface area contributed by atoms with Crippen molar-refractivity contribution in [2.45, 2.75) is 38.4 Å². The lowest BCUT2D eigenvalue weighted by Gasteiger charge is -2.34. The van der Waals surface area contributed by atoms with Crippen LogP contribution < -0.4 is 15.5 Å². The normalized spacial score (nSPS) is 19.0. The topological polar surface area (TPSA) is 64.7 Å². The SMILES string of the molecule is CN1CCCc2cc(CNC(=O)CC3C(=O)NCCN3Cc3ccccc3F)ccc21. The molecule has 7 heteroatoms. The Kier molecular flexibility index (Phi) is 6.51. The summed E-state index contributed by atoms with van der Waals surface area (Å²) in [6.07, 6.45) is 2.23. The quantitative estimate of drug-likeness (QED) is 0.747. The van der Waals surface area contributed by atoms with E-state index in [2.05, 4.69) is 34.7 Å². The maximum absolute atomic E-state index is 14.1. The Morgan fingerprint density at radius 2 is 2.06 bits per heavy atom. The third-order valence-corrected chi connectivity index (χ3v) is 6.14. The van der Waals surface area contributed by atoms with E-state index >= 15 is 0 Å². The van der Waals surface area contributed by atoms with Crippen molar-refractivity contribution in [1.82, 2.24) is 15.5 Å². The van der Waals surface area contributed by atoms with E-state index in [0.29, 0.717) is 31.7 Å². The zero-order valence-electron chi connectivity index (χ0n) is 17.9. The van der Waals surface area contributed by atoms with Gasteiger partial charge in [-0.15, -0.1) is 0 Å². The van der Waals surface area contributed by atoms with Crippen molar-refractivity contribution in [3.8, 4) is 0 Å². The van der Waals surface area contributed by atoms with Crippen molar-refractivity contribution in [3.05, 3.63) is 65.0 Å². The van der Waals surface area contributed by atoms with Gasteiger partial charge in [0.25, 0.3) is 0 Å². The molecule has 2 N–H and O–H groups in total. The van der Waals surface area contributed by atoms with Gasteiger partial charge in [-0.05, 0) is 36.1 Å². The van der Waals surface area contributed by atoms with Gasteiger partial charge in [0.05, 0.1) is 12.5 Å². The number of nitrogens with one attached hydrogen (secondary N) is 2. The molecule has 1 atom stereocenters. The van der Waals surface area contributed by atoms with Gasteiger partial charge in [0.1, 0.15) is 5.82 Å². The molecule has 0 radical (unpaired) electrons. The first-order chi connectivity index (χ1) is 15.0. The molecule has 164 valence electrons. The molecule has 1 fully saturated rings. The van der Waals surface area contributed by atoms with Crippen LogP contribution in [0.25, 0.3) is 0 Å². The van der Waals surface area contributed by atoms with Crippen LogP contribution in [0.15, 0.2) is 42.5 Å². The lowest BCUT2D eigenvalue weighted by molar-refractivity contribution is -0.134. The zero-order chi connectivity index (χ0) is 21.8. The summed E-state index contributed by atoms with van der Waals surface area (Å²) in [6.45, 7) is 2.87. The molecular weight excluding hydrogens is 395 g/mol. The maximum Gasteiger partial charge on any atom is 0.237 e. The predicted octanol–water partition coefficient (Wildman–Crippen LogP) is 2.21. The number of piperazine rings is 1. The minimum atomic E-state index is -0.606. The smallest absolute Gasteiger partial charge is 0.237 e. The number of hydrogen-bond acceptors (Lipinski definition) is 4. The average Bonchev–Trinajstić information content (AvgIpc) is 2.76. The highest BCUT2D eigenvalue weighted by Crippen LogP contribution is 2.26. The number of anilines is 1. The van der Waals surface area contributed by atoms with Crippen LogP contribution in [0.4, 0.5) is 10.1 Å². The minimum Gasteiger partial charge on any atom is -0.374 e. The lowest BCUT2D eigenvalue weighted by Crippen LogP contribution is -2.56. The van der Waals surface area contributed by atoms with Crippen molar-refractivity contribution < 1.29 is 14.0 Å². The summed E-state index contributed by atoms with van der Waals surface area (Å²) in [5.74, 6) is -0.667. The summed E-state index contributed by atoms with van der Waals surface area (Å²) >= 11 is 0. The van der Waals surface area contributed by atoms with Gasteiger partial charge >= 0.3 is 0 Å². The summed E-state index contributed by atoms with van der Waals surface area (Å²) in [5.41, 5.74) is 4.15. The number of halogens is 1. The minimum absolute atomic E-state index is 0.0496. The summed E-state index contributed by atoms with van der Waals surface area (Å²) < 4.78 is 14.1. The van der Waals surface area contributed by atoms with Crippen LogP contribution in [-0.2, 0) is 29.1 Å². The second-order valence-corrected chi connectivity index (χ2v) is 8.34. The number of aryl methyl sites for hydroxylation is 1. The van der Waals surface area contributed by atoms with Crippen LogP contribution in [0.2, 0.25) is 0 Å². The van der Waals surface area contributed by atoms with Gasteiger partial charge < -0.3 is 15.5 Å². The fraction of sp³-hybridized carbons (Fsp3) is 0.417. The number of rotatable bonds is 6. The highest BCUT2D eigenvalue weighted by molar-refractivity contribution is 5.88. The van der Waals surface area contributed by atoms with E-state index in [4.69, 9.17) is 0 Å². The molecule has 2 aromatic carbocycles. The fourth-order valence-corrected chi connectivity index (χ4v) is 4.42.